The molecule has 0 aliphatic heterocycles. The highest BCUT2D eigenvalue weighted by Gasteiger charge is 2.07. The van der Waals surface area contributed by atoms with Crippen molar-refractivity contribution in [1.82, 2.24) is 4.98 Å². The van der Waals surface area contributed by atoms with E-state index in [2.05, 4.69) is 10.3 Å². The molecule has 0 atom stereocenters. The van der Waals surface area contributed by atoms with E-state index >= 15 is 0 Å². The van der Waals surface area contributed by atoms with Gasteiger partial charge < -0.3 is 16.8 Å². The number of benzene rings is 2. The first-order valence-electron chi connectivity index (χ1n) is 6.25. The molecule has 0 aliphatic rings. The van der Waals surface area contributed by atoms with Gasteiger partial charge in [-0.2, -0.15) is 0 Å². The number of halogens is 1. The van der Waals surface area contributed by atoms with Crippen molar-refractivity contribution in [1.29, 1.82) is 0 Å². The molecule has 0 fully saturated rings. The Balaban J connectivity index is 1.83. The van der Waals surface area contributed by atoms with E-state index in [1.165, 1.54) is 17.4 Å². The van der Waals surface area contributed by atoms with Crippen molar-refractivity contribution < 1.29 is 4.39 Å². The highest BCUT2D eigenvalue weighted by molar-refractivity contribution is 7.14. The van der Waals surface area contributed by atoms with E-state index in [9.17, 15) is 4.39 Å². The number of hydrogen-bond acceptors (Lipinski definition) is 5. The average Bonchev–Trinajstić information content (AvgIpc) is 2.91. The summed E-state index contributed by atoms with van der Waals surface area (Å²) in [5.74, 6) is -0.403. The molecule has 21 heavy (non-hydrogen) atoms. The minimum atomic E-state index is -0.403. The molecular formula is C15H13FN4S. The summed E-state index contributed by atoms with van der Waals surface area (Å²) in [5.41, 5.74) is 14.4. The van der Waals surface area contributed by atoms with Gasteiger partial charge in [-0.3, -0.25) is 0 Å². The molecule has 3 rings (SSSR count). The Labute approximate surface area is 125 Å². The molecule has 2 aromatic carbocycles. The smallest absolute Gasteiger partial charge is 0.187 e. The Hall–Kier alpha value is -2.60. The van der Waals surface area contributed by atoms with Crippen LogP contribution in [0.2, 0.25) is 0 Å². The number of hydrogen-bond donors (Lipinski definition) is 3. The largest absolute Gasteiger partial charge is 0.399 e. The van der Waals surface area contributed by atoms with Crippen LogP contribution >= 0.6 is 11.3 Å². The van der Waals surface area contributed by atoms with Crippen LogP contribution in [0.15, 0.2) is 47.8 Å². The van der Waals surface area contributed by atoms with E-state index in [-0.39, 0.29) is 0 Å². The summed E-state index contributed by atoms with van der Waals surface area (Å²) in [4.78, 5) is 4.44. The summed E-state index contributed by atoms with van der Waals surface area (Å²) in [5, 5.41) is 5.48. The first kappa shape index (κ1) is 13.4. The number of aromatic nitrogens is 1. The zero-order chi connectivity index (χ0) is 14.8. The second-order valence-electron chi connectivity index (χ2n) is 4.52. The van der Waals surface area contributed by atoms with Crippen LogP contribution in [-0.2, 0) is 0 Å². The number of anilines is 4. The number of thiazole rings is 1. The molecule has 0 saturated carbocycles. The Kier molecular flexibility index (Phi) is 3.45. The van der Waals surface area contributed by atoms with Gasteiger partial charge in [-0.05, 0) is 30.3 Å². The lowest BCUT2D eigenvalue weighted by Gasteiger charge is -2.04. The van der Waals surface area contributed by atoms with Crippen LogP contribution in [-0.4, -0.2) is 4.98 Å². The SMILES string of the molecule is Nc1ccc(-c2csc(Nc3ccc(N)cc3F)n2)cc1. The minimum absolute atomic E-state index is 0.349. The normalized spacial score (nSPS) is 10.5. The van der Waals surface area contributed by atoms with E-state index in [1.807, 2.05) is 29.6 Å². The molecule has 5 N–H and O–H groups in total. The minimum Gasteiger partial charge on any atom is -0.399 e. The summed E-state index contributed by atoms with van der Waals surface area (Å²) in [6.07, 6.45) is 0. The van der Waals surface area contributed by atoms with Crippen molar-refractivity contribution in [2.24, 2.45) is 0 Å². The fraction of sp³-hybridized carbons (Fsp3) is 0. The average molecular weight is 300 g/mol. The number of nitrogens with one attached hydrogen (secondary N) is 1. The third kappa shape index (κ3) is 2.95. The summed E-state index contributed by atoms with van der Waals surface area (Å²) in [6, 6.07) is 11.9. The van der Waals surface area contributed by atoms with E-state index in [0.717, 1.165) is 11.3 Å². The summed E-state index contributed by atoms with van der Waals surface area (Å²) < 4.78 is 13.7. The Morgan fingerprint density at radius 3 is 2.43 bits per heavy atom. The Morgan fingerprint density at radius 2 is 1.71 bits per heavy atom. The van der Waals surface area contributed by atoms with Crippen LogP contribution in [0.5, 0.6) is 0 Å². The van der Waals surface area contributed by atoms with Crippen LogP contribution in [0.1, 0.15) is 0 Å². The first-order chi connectivity index (χ1) is 10.1. The lowest BCUT2D eigenvalue weighted by Crippen LogP contribution is -1.95. The molecule has 0 unspecified atom stereocenters. The molecule has 0 saturated heterocycles. The van der Waals surface area contributed by atoms with E-state index in [4.69, 9.17) is 11.5 Å². The Morgan fingerprint density at radius 1 is 1.00 bits per heavy atom. The van der Waals surface area contributed by atoms with Crippen molar-refractivity contribution in [3.8, 4) is 11.3 Å². The molecule has 106 valence electrons. The van der Waals surface area contributed by atoms with E-state index in [1.54, 1.807) is 12.1 Å². The van der Waals surface area contributed by atoms with Crippen molar-refractivity contribution in [2.75, 3.05) is 16.8 Å². The lowest BCUT2D eigenvalue weighted by molar-refractivity contribution is 0.632. The molecule has 6 heteroatoms. The maximum Gasteiger partial charge on any atom is 0.187 e. The van der Waals surface area contributed by atoms with Crippen LogP contribution in [0, 0.1) is 5.82 Å². The number of nitrogens with two attached hydrogens (primary N) is 2. The van der Waals surface area contributed by atoms with Crippen LogP contribution < -0.4 is 16.8 Å². The van der Waals surface area contributed by atoms with Gasteiger partial charge in [0.05, 0.1) is 11.4 Å². The maximum absolute atomic E-state index is 13.7. The van der Waals surface area contributed by atoms with Gasteiger partial charge in [0.15, 0.2) is 5.13 Å². The van der Waals surface area contributed by atoms with Gasteiger partial charge in [0, 0.05) is 22.3 Å². The summed E-state index contributed by atoms with van der Waals surface area (Å²) in [7, 11) is 0. The van der Waals surface area contributed by atoms with Crippen LogP contribution in [0.3, 0.4) is 0 Å². The maximum atomic E-state index is 13.7. The fourth-order valence-corrected chi connectivity index (χ4v) is 2.60. The summed E-state index contributed by atoms with van der Waals surface area (Å²) in [6.45, 7) is 0. The lowest BCUT2D eigenvalue weighted by atomic mass is 10.1. The van der Waals surface area contributed by atoms with Gasteiger partial charge in [0.25, 0.3) is 0 Å². The molecule has 1 heterocycles. The molecule has 0 radical (unpaired) electrons. The molecule has 1 aromatic heterocycles. The highest BCUT2D eigenvalue weighted by Crippen LogP contribution is 2.28. The molecule has 0 amide bonds. The standard InChI is InChI=1S/C15H13FN4S/c16-12-7-11(18)5-6-13(12)19-15-20-14(8-21-15)9-1-3-10(17)4-2-9/h1-8H,17-18H2,(H,19,20). The van der Waals surface area contributed by atoms with Crippen LogP contribution in [0.25, 0.3) is 11.3 Å². The molecule has 0 spiro atoms. The predicted octanol–water partition coefficient (Wildman–Crippen LogP) is 3.86. The second-order valence-corrected chi connectivity index (χ2v) is 5.38. The van der Waals surface area contributed by atoms with Gasteiger partial charge in [-0.1, -0.05) is 12.1 Å². The monoisotopic (exact) mass is 300 g/mol. The Bertz CT molecular complexity index is 768. The third-order valence-corrected chi connectivity index (χ3v) is 3.70. The van der Waals surface area contributed by atoms with Gasteiger partial charge in [0.2, 0.25) is 0 Å². The van der Waals surface area contributed by atoms with Crippen molar-refractivity contribution >= 4 is 33.5 Å². The van der Waals surface area contributed by atoms with Crippen molar-refractivity contribution in [3.63, 3.8) is 0 Å². The summed E-state index contributed by atoms with van der Waals surface area (Å²) >= 11 is 1.40. The predicted molar refractivity (Wildman–Crippen MR) is 86.1 cm³/mol. The van der Waals surface area contributed by atoms with E-state index in [0.29, 0.717) is 22.2 Å². The first-order valence-corrected chi connectivity index (χ1v) is 7.13. The van der Waals surface area contributed by atoms with Gasteiger partial charge >= 0.3 is 0 Å². The zero-order valence-corrected chi connectivity index (χ0v) is 11.8. The number of nitrogen functional groups attached to an aromatic ring is 2. The number of nitrogens with zero attached hydrogens (tertiary/aromatic N) is 1. The quantitative estimate of drug-likeness (QED) is 0.642. The number of rotatable bonds is 3. The second kappa shape index (κ2) is 5.41. The molecule has 3 aromatic rings. The molecule has 4 nitrogen and oxygen atoms in total. The van der Waals surface area contributed by atoms with Gasteiger partial charge in [0.1, 0.15) is 5.82 Å². The van der Waals surface area contributed by atoms with Crippen molar-refractivity contribution in [3.05, 3.63) is 53.7 Å². The topological polar surface area (TPSA) is 77.0 Å². The molecule has 0 bridgehead atoms. The van der Waals surface area contributed by atoms with Crippen molar-refractivity contribution in [2.45, 2.75) is 0 Å². The fourth-order valence-electron chi connectivity index (χ4n) is 1.87. The van der Waals surface area contributed by atoms with E-state index < -0.39 is 5.82 Å². The van der Waals surface area contributed by atoms with Gasteiger partial charge in [-0.15, -0.1) is 11.3 Å². The molecular weight excluding hydrogens is 287 g/mol. The van der Waals surface area contributed by atoms with Crippen LogP contribution in [0.4, 0.5) is 26.6 Å². The van der Waals surface area contributed by atoms with Gasteiger partial charge in [-0.25, -0.2) is 9.37 Å². The zero-order valence-electron chi connectivity index (χ0n) is 11.0. The molecule has 0 aliphatic carbocycles. The highest BCUT2D eigenvalue weighted by atomic mass is 32.1. The third-order valence-electron chi connectivity index (χ3n) is 2.95.